The van der Waals surface area contributed by atoms with Gasteiger partial charge in [0.05, 0.1) is 23.0 Å². The summed E-state index contributed by atoms with van der Waals surface area (Å²) in [4.78, 5) is 34.8. The van der Waals surface area contributed by atoms with Crippen molar-refractivity contribution in [1.29, 1.82) is 0 Å². The van der Waals surface area contributed by atoms with Gasteiger partial charge in [0.15, 0.2) is 12.6 Å². The average Bonchev–Trinajstić information content (AvgIpc) is 3.87. The number of ether oxygens (including phenoxy) is 4. The van der Waals surface area contributed by atoms with E-state index in [1.807, 2.05) is 56.0 Å². The molecule has 3 atom stereocenters. The van der Waals surface area contributed by atoms with E-state index in [0.717, 1.165) is 67.1 Å². The number of piperazine rings is 1. The third kappa shape index (κ3) is 8.16. The highest BCUT2D eigenvalue weighted by Gasteiger charge is 2.49. The largest absolute Gasteiger partial charge is 0.468 e. The van der Waals surface area contributed by atoms with E-state index in [1.54, 1.807) is 13.3 Å². The maximum Gasteiger partial charge on any atom is 0.410 e. The molecular weight excluding hydrogens is 812 g/mol. The van der Waals surface area contributed by atoms with Gasteiger partial charge < -0.3 is 23.8 Å². The van der Waals surface area contributed by atoms with Gasteiger partial charge in [0.1, 0.15) is 43.1 Å². The standard InChI is InChI=1S/C50H65FN6O5Si/c1-31(2)63(32(3)4,33(5)6)23-19-35-14-12-15-36-24-39(61-30-59-11)25-40(42(35)36)44-43(51)45-41(26-52-44)46(54-47(53-45)60-29-50-20-13-21-56(50)22-18-34(50)7)55-27-37-16-17-38(28-55)57(37)48(58)62-49(8,9)10/h12,14-15,24-26,31-33,37-38H,7,13,16-18,20-22,27-30H2,1-6,8-11H3/t37-,38+,50?. The Morgan fingerprint density at radius 1 is 1.02 bits per heavy atom. The number of anilines is 1. The van der Waals surface area contributed by atoms with Crippen LogP contribution in [0, 0.1) is 17.3 Å². The lowest BCUT2D eigenvalue weighted by atomic mass is 9.91. The zero-order chi connectivity index (χ0) is 45.0. The summed E-state index contributed by atoms with van der Waals surface area (Å²) in [6, 6.07) is 9.70. The van der Waals surface area contributed by atoms with E-state index >= 15 is 4.39 Å². The molecule has 11 nitrogen and oxygen atoms in total. The molecule has 63 heavy (non-hydrogen) atoms. The number of halogens is 1. The van der Waals surface area contributed by atoms with Crippen LogP contribution in [0.5, 0.6) is 11.8 Å². The van der Waals surface area contributed by atoms with E-state index in [1.165, 1.54) is 0 Å². The van der Waals surface area contributed by atoms with Crippen LogP contribution in [0.15, 0.2) is 48.7 Å². The average molecular weight is 877 g/mol. The van der Waals surface area contributed by atoms with Crippen LogP contribution in [0.3, 0.4) is 0 Å². The number of fused-ring (bicyclic) bond motifs is 5. The molecule has 4 saturated heterocycles. The third-order valence-corrected chi connectivity index (χ3v) is 20.6. The van der Waals surface area contributed by atoms with E-state index in [4.69, 9.17) is 33.9 Å². The smallest absolute Gasteiger partial charge is 0.410 e. The number of hydrogen-bond acceptors (Lipinski definition) is 10. The molecule has 0 N–H and O–H groups in total. The van der Waals surface area contributed by atoms with Gasteiger partial charge in [-0.3, -0.25) is 14.8 Å². The molecule has 8 rings (SSSR count). The minimum absolute atomic E-state index is 0.0230. The molecule has 1 amide bonds. The molecule has 2 aromatic heterocycles. The molecule has 0 spiro atoms. The summed E-state index contributed by atoms with van der Waals surface area (Å²) < 4.78 is 41.7. The Balaban J connectivity index is 1.28. The maximum absolute atomic E-state index is 17.9. The number of pyridine rings is 1. The molecule has 2 aromatic carbocycles. The minimum Gasteiger partial charge on any atom is -0.468 e. The van der Waals surface area contributed by atoms with Gasteiger partial charge in [-0.15, -0.1) is 5.54 Å². The predicted octanol–water partition coefficient (Wildman–Crippen LogP) is 10.3. The summed E-state index contributed by atoms with van der Waals surface area (Å²) >= 11 is 0. The zero-order valence-corrected chi connectivity index (χ0v) is 39.9. The topological polar surface area (TPSA) is 102 Å². The van der Waals surface area contributed by atoms with Gasteiger partial charge >= 0.3 is 12.1 Å². The monoisotopic (exact) mass is 876 g/mol. The molecule has 0 aliphatic carbocycles. The highest BCUT2D eigenvalue weighted by Crippen LogP contribution is 2.45. The number of benzene rings is 2. The number of carbonyl (C=O) groups excluding carboxylic acids is 1. The van der Waals surface area contributed by atoms with Crippen molar-refractivity contribution in [2.24, 2.45) is 0 Å². The molecule has 4 aliphatic heterocycles. The van der Waals surface area contributed by atoms with Gasteiger partial charge in [-0.05, 0) is 99.6 Å². The molecule has 0 radical (unpaired) electrons. The summed E-state index contributed by atoms with van der Waals surface area (Å²) in [5.41, 5.74) is 7.06. The molecule has 0 saturated carbocycles. The molecule has 6 heterocycles. The summed E-state index contributed by atoms with van der Waals surface area (Å²) in [7, 11) is -0.552. The lowest BCUT2D eigenvalue weighted by Gasteiger charge is -2.42. The minimum atomic E-state index is -2.12. The van der Waals surface area contributed by atoms with Gasteiger partial charge in [-0.25, -0.2) is 9.18 Å². The van der Waals surface area contributed by atoms with Crippen LogP contribution in [0.1, 0.15) is 100.0 Å². The van der Waals surface area contributed by atoms with Crippen LogP contribution in [0.25, 0.3) is 32.9 Å². The fourth-order valence-electron chi connectivity index (χ4n) is 11.3. The first-order chi connectivity index (χ1) is 30.0. The molecule has 4 aliphatic rings. The fourth-order valence-corrected chi connectivity index (χ4v) is 16.5. The lowest BCUT2D eigenvalue weighted by molar-refractivity contribution is 0.0122. The van der Waals surface area contributed by atoms with Crippen molar-refractivity contribution in [1.82, 2.24) is 24.8 Å². The van der Waals surface area contributed by atoms with Crippen molar-refractivity contribution in [2.45, 2.75) is 134 Å². The quantitative estimate of drug-likeness (QED) is 0.0626. The summed E-state index contributed by atoms with van der Waals surface area (Å²) in [5.74, 6) is 4.12. The Hall–Kier alpha value is -4.77. The number of methoxy groups -OCH3 is 1. The molecule has 4 fully saturated rings. The Kier molecular flexibility index (Phi) is 12.3. The van der Waals surface area contributed by atoms with Gasteiger partial charge in [-0.2, -0.15) is 9.97 Å². The SMILES string of the molecule is C=C1CCN2CCCC12COc1nc(N2C[C@H]3CC[C@@H](C2)N3C(=O)OC(C)(C)C)c2cnc(-c3cc(OCOC)cc4cccc(C#C[Si](C(C)C)(C(C)C)C(C)C)c34)c(F)c2n1. The number of hydrogen-bond donors (Lipinski definition) is 0. The lowest BCUT2D eigenvalue weighted by Crippen LogP contribution is -2.57. The van der Waals surface area contributed by atoms with Gasteiger partial charge in [0, 0.05) is 49.5 Å². The Morgan fingerprint density at radius 2 is 1.73 bits per heavy atom. The van der Waals surface area contributed by atoms with Gasteiger partial charge in [0.25, 0.3) is 0 Å². The van der Waals surface area contributed by atoms with Crippen LogP contribution in [-0.4, -0.2) is 109 Å². The molecule has 13 heteroatoms. The highest BCUT2D eigenvalue weighted by molar-refractivity contribution is 6.90. The molecule has 1 unspecified atom stereocenters. The number of rotatable bonds is 11. The van der Waals surface area contributed by atoms with Crippen molar-refractivity contribution in [3.05, 3.63) is 60.1 Å². The highest BCUT2D eigenvalue weighted by atomic mass is 28.3. The first-order valence-corrected chi connectivity index (χ1v) is 25.1. The van der Waals surface area contributed by atoms with Crippen molar-refractivity contribution >= 4 is 41.7 Å². The number of aromatic nitrogens is 3. The number of amides is 1. The van der Waals surface area contributed by atoms with Gasteiger partial charge in [0.2, 0.25) is 0 Å². The number of carbonyl (C=O) groups is 1. The zero-order valence-electron chi connectivity index (χ0n) is 38.9. The van der Waals surface area contributed by atoms with E-state index in [-0.39, 0.29) is 47.7 Å². The predicted molar refractivity (Wildman–Crippen MR) is 251 cm³/mol. The Labute approximate surface area is 373 Å². The van der Waals surface area contributed by atoms with E-state index in [0.29, 0.717) is 58.8 Å². The molecule has 4 aromatic rings. The third-order valence-electron chi connectivity index (χ3n) is 14.3. The first-order valence-electron chi connectivity index (χ1n) is 22.9. The van der Waals surface area contributed by atoms with Crippen LogP contribution in [0.4, 0.5) is 15.0 Å². The van der Waals surface area contributed by atoms with Crippen LogP contribution < -0.4 is 14.4 Å². The second-order valence-electron chi connectivity index (χ2n) is 20.0. The van der Waals surface area contributed by atoms with Crippen molar-refractivity contribution in [2.75, 3.05) is 51.6 Å². The second-order valence-corrected chi connectivity index (χ2v) is 25.6. The fraction of sp³-hybridized carbons (Fsp3) is 0.560. The molecule has 2 bridgehead atoms. The van der Waals surface area contributed by atoms with Crippen LogP contribution in [-0.2, 0) is 9.47 Å². The van der Waals surface area contributed by atoms with E-state index in [9.17, 15) is 4.79 Å². The second kappa shape index (κ2) is 17.3. The summed E-state index contributed by atoms with van der Waals surface area (Å²) in [5, 5.41) is 2.11. The van der Waals surface area contributed by atoms with Crippen molar-refractivity contribution < 1.29 is 28.1 Å². The Bertz CT molecular complexity index is 2440. The molecule has 336 valence electrons. The number of nitrogens with zero attached hydrogens (tertiary/aromatic N) is 6. The Morgan fingerprint density at radius 3 is 2.40 bits per heavy atom. The van der Waals surface area contributed by atoms with E-state index in [2.05, 4.69) is 69.4 Å². The maximum atomic E-state index is 17.9. The first kappa shape index (κ1) is 44.8. The van der Waals surface area contributed by atoms with Gasteiger partial charge in [-0.1, -0.05) is 71.7 Å². The van der Waals surface area contributed by atoms with Crippen molar-refractivity contribution in [3.8, 4) is 34.5 Å². The van der Waals surface area contributed by atoms with Crippen LogP contribution >= 0.6 is 0 Å². The van der Waals surface area contributed by atoms with Crippen LogP contribution in [0.2, 0.25) is 16.6 Å². The summed E-state index contributed by atoms with van der Waals surface area (Å²) in [6.07, 6.45) is 5.97. The van der Waals surface area contributed by atoms with Crippen molar-refractivity contribution in [3.63, 3.8) is 0 Å². The normalized spacial score (nSPS) is 21.5. The molecular formula is C50H65FN6O5Si. The van der Waals surface area contributed by atoms with E-state index < -0.39 is 19.5 Å². The summed E-state index contributed by atoms with van der Waals surface area (Å²) in [6.45, 7) is 27.2.